The second-order valence-corrected chi connectivity index (χ2v) is 7.86. The molecule has 0 aromatic heterocycles. The molecule has 0 aromatic rings. The van der Waals surface area contributed by atoms with E-state index >= 15 is 0 Å². The zero-order valence-electron chi connectivity index (χ0n) is 16.5. The third-order valence-corrected chi connectivity index (χ3v) is 5.55. The maximum atomic E-state index is 12.6. The highest BCUT2D eigenvalue weighted by atomic mass is 127. The van der Waals surface area contributed by atoms with E-state index in [0.717, 1.165) is 44.1 Å². The molecule has 0 saturated heterocycles. The van der Waals surface area contributed by atoms with Crippen LogP contribution in [0, 0.1) is 11.3 Å². The lowest BCUT2D eigenvalue weighted by molar-refractivity contribution is -0.138. The highest BCUT2D eigenvalue weighted by Crippen LogP contribution is 2.39. The van der Waals surface area contributed by atoms with Crippen molar-refractivity contribution in [3.8, 4) is 0 Å². The molecule has 25 heavy (non-hydrogen) atoms. The Morgan fingerprint density at radius 1 is 1.16 bits per heavy atom. The molecule has 2 rings (SSSR count). The Hall–Kier alpha value is -0.570. The lowest BCUT2D eigenvalue weighted by Gasteiger charge is -2.32. The van der Waals surface area contributed by atoms with Crippen molar-refractivity contribution in [1.29, 1.82) is 0 Å². The molecule has 1 amide bonds. The van der Waals surface area contributed by atoms with Crippen molar-refractivity contribution < 1.29 is 4.79 Å². The van der Waals surface area contributed by atoms with E-state index in [4.69, 9.17) is 0 Å². The fourth-order valence-corrected chi connectivity index (χ4v) is 3.92. The van der Waals surface area contributed by atoms with Crippen LogP contribution in [0.3, 0.4) is 0 Å². The minimum Gasteiger partial charge on any atom is -0.355 e. The number of aliphatic imine (C=N–C) groups is 1. The highest BCUT2D eigenvalue weighted by molar-refractivity contribution is 14.0. The van der Waals surface area contributed by atoms with Crippen LogP contribution in [-0.4, -0.2) is 76.0 Å². The van der Waals surface area contributed by atoms with Crippen LogP contribution >= 0.6 is 24.0 Å². The SMILES string of the molecule is CN=C(NCC(C1CC1)N(C)C)NCC1(C(=O)N(C)C)CCCC1.I. The van der Waals surface area contributed by atoms with Crippen LogP contribution in [0.15, 0.2) is 4.99 Å². The maximum absolute atomic E-state index is 12.6. The third kappa shape index (κ3) is 5.98. The Morgan fingerprint density at radius 2 is 1.76 bits per heavy atom. The van der Waals surface area contributed by atoms with Crippen molar-refractivity contribution in [3.63, 3.8) is 0 Å². The molecule has 7 heteroatoms. The summed E-state index contributed by atoms with van der Waals surface area (Å²) in [6, 6.07) is 0.549. The third-order valence-electron chi connectivity index (χ3n) is 5.55. The van der Waals surface area contributed by atoms with E-state index in [9.17, 15) is 4.79 Å². The van der Waals surface area contributed by atoms with Crippen molar-refractivity contribution in [3.05, 3.63) is 0 Å². The van der Waals surface area contributed by atoms with Crippen molar-refractivity contribution in [2.45, 2.75) is 44.6 Å². The number of hydrogen-bond donors (Lipinski definition) is 2. The number of nitrogens with one attached hydrogen (secondary N) is 2. The zero-order chi connectivity index (χ0) is 17.7. The molecule has 0 aromatic carbocycles. The van der Waals surface area contributed by atoms with E-state index < -0.39 is 0 Å². The van der Waals surface area contributed by atoms with Crippen LogP contribution < -0.4 is 10.6 Å². The van der Waals surface area contributed by atoms with E-state index in [-0.39, 0.29) is 35.3 Å². The summed E-state index contributed by atoms with van der Waals surface area (Å²) in [5.41, 5.74) is -0.265. The van der Waals surface area contributed by atoms with Crippen molar-refractivity contribution in [1.82, 2.24) is 20.4 Å². The minimum absolute atomic E-state index is 0. The summed E-state index contributed by atoms with van der Waals surface area (Å²) in [5, 5.41) is 6.87. The Morgan fingerprint density at radius 3 is 2.20 bits per heavy atom. The second-order valence-electron chi connectivity index (χ2n) is 7.86. The molecular weight excluding hydrogens is 429 g/mol. The van der Waals surface area contributed by atoms with E-state index in [1.165, 1.54) is 12.8 Å². The monoisotopic (exact) mass is 465 g/mol. The molecule has 1 unspecified atom stereocenters. The molecule has 146 valence electrons. The van der Waals surface area contributed by atoms with Gasteiger partial charge in [-0.3, -0.25) is 9.79 Å². The van der Waals surface area contributed by atoms with Gasteiger partial charge >= 0.3 is 0 Å². The molecule has 2 aliphatic carbocycles. The number of amides is 1. The van der Waals surface area contributed by atoms with Crippen LogP contribution in [0.4, 0.5) is 0 Å². The molecule has 0 bridgehead atoms. The van der Waals surface area contributed by atoms with Gasteiger partial charge in [-0.25, -0.2) is 0 Å². The lowest BCUT2D eigenvalue weighted by Crippen LogP contribution is -2.51. The second kappa shape index (κ2) is 9.94. The number of carbonyl (C=O) groups is 1. The molecule has 0 aliphatic heterocycles. The quantitative estimate of drug-likeness (QED) is 0.342. The lowest BCUT2D eigenvalue weighted by atomic mass is 9.84. The van der Waals surface area contributed by atoms with Gasteiger partial charge in [-0.05, 0) is 45.7 Å². The van der Waals surface area contributed by atoms with Crippen LogP contribution in [0.5, 0.6) is 0 Å². The molecule has 0 radical (unpaired) electrons. The first-order valence-electron chi connectivity index (χ1n) is 9.22. The number of halogens is 1. The van der Waals surface area contributed by atoms with Crippen LogP contribution in [-0.2, 0) is 4.79 Å². The highest BCUT2D eigenvalue weighted by Gasteiger charge is 2.42. The fourth-order valence-electron chi connectivity index (χ4n) is 3.92. The average molecular weight is 465 g/mol. The smallest absolute Gasteiger partial charge is 0.230 e. The van der Waals surface area contributed by atoms with Gasteiger partial charge in [0, 0.05) is 40.3 Å². The fraction of sp³-hybridized carbons (Fsp3) is 0.889. The molecule has 0 heterocycles. The van der Waals surface area contributed by atoms with Gasteiger partial charge in [0.2, 0.25) is 5.91 Å². The van der Waals surface area contributed by atoms with E-state index in [2.05, 4.69) is 34.6 Å². The molecule has 0 spiro atoms. The largest absolute Gasteiger partial charge is 0.355 e. The molecule has 1 atom stereocenters. The number of hydrogen-bond acceptors (Lipinski definition) is 3. The van der Waals surface area contributed by atoms with Gasteiger partial charge in [-0.15, -0.1) is 24.0 Å². The van der Waals surface area contributed by atoms with Gasteiger partial charge in [-0.1, -0.05) is 12.8 Å². The van der Waals surface area contributed by atoms with E-state index in [1.807, 2.05) is 14.1 Å². The van der Waals surface area contributed by atoms with Crippen LogP contribution in [0.2, 0.25) is 0 Å². The predicted octanol–water partition coefficient (Wildman–Crippen LogP) is 1.76. The van der Waals surface area contributed by atoms with E-state index in [0.29, 0.717) is 12.6 Å². The van der Waals surface area contributed by atoms with Gasteiger partial charge < -0.3 is 20.4 Å². The first kappa shape index (κ1) is 22.5. The molecule has 2 N–H and O–H groups in total. The summed E-state index contributed by atoms with van der Waals surface area (Å²) in [4.78, 5) is 21.0. The van der Waals surface area contributed by atoms with Gasteiger partial charge in [0.25, 0.3) is 0 Å². The summed E-state index contributed by atoms with van der Waals surface area (Å²) in [7, 11) is 9.79. The van der Waals surface area contributed by atoms with E-state index in [1.54, 1.807) is 11.9 Å². The summed E-state index contributed by atoms with van der Waals surface area (Å²) < 4.78 is 0. The first-order chi connectivity index (χ1) is 11.4. The Bertz CT molecular complexity index is 454. The molecular formula is C18H36IN5O. The summed E-state index contributed by atoms with van der Waals surface area (Å²) in [6.45, 7) is 1.56. The summed E-state index contributed by atoms with van der Waals surface area (Å²) in [5.74, 6) is 1.86. The number of likely N-dealkylation sites (N-methyl/N-ethyl adjacent to an activating group) is 1. The predicted molar refractivity (Wildman–Crippen MR) is 115 cm³/mol. The zero-order valence-corrected chi connectivity index (χ0v) is 18.8. The standard InChI is InChI=1S/C18H35N5O.HI/c1-19-17(20-12-15(22(2)3)14-8-9-14)21-13-18(10-6-7-11-18)16(24)23(4)5;/h14-15H,6-13H2,1-5H3,(H2,19,20,21);1H. The Kier molecular flexibility index (Phi) is 8.94. The molecule has 2 saturated carbocycles. The van der Waals surface area contributed by atoms with Crippen LogP contribution in [0.25, 0.3) is 0 Å². The first-order valence-corrected chi connectivity index (χ1v) is 9.22. The van der Waals surface area contributed by atoms with Gasteiger partial charge in [0.05, 0.1) is 5.41 Å². The number of carbonyl (C=O) groups excluding carboxylic acids is 1. The van der Waals surface area contributed by atoms with Gasteiger partial charge in [0.1, 0.15) is 0 Å². The average Bonchev–Trinajstić information content (AvgIpc) is 3.26. The molecule has 6 nitrogen and oxygen atoms in total. The summed E-state index contributed by atoms with van der Waals surface area (Å²) >= 11 is 0. The topological polar surface area (TPSA) is 60.0 Å². The summed E-state index contributed by atoms with van der Waals surface area (Å²) in [6.07, 6.45) is 6.87. The number of guanidine groups is 1. The molecule has 2 aliphatic rings. The number of rotatable bonds is 7. The van der Waals surface area contributed by atoms with Gasteiger partial charge in [-0.2, -0.15) is 0 Å². The van der Waals surface area contributed by atoms with Crippen molar-refractivity contribution in [2.24, 2.45) is 16.3 Å². The normalized spacial score (nSPS) is 20.8. The van der Waals surface area contributed by atoms with Crippen molar-refractivity contribution in [2.75, 3.05) is 48.3 Å². The Balaban J connectivity index is 0.00000312. The molecule has 2 fully saturated rings. The van der Waals surface area contributed by atoms with Crippen LogP contribution in [0.1, 0.15) is 38.5 Å². The maximum Gasteiger partial charge on any atom is 0.230 e. The van der Waals surface area contributed by atoms with Crippen molar-refractivity contribution >= 4 is 35.8 Å². The van der Waals surface area contributed by atoms with Gasteiger partial charge in [0.15, 0.2) is 5.96 Å². The minimum atomic E-state index is -0.265. The Labute approximate surface area is 170 Å². The number of nitrogens with zero attached hydrogens (tertiary/aromatic N) is 3.